The lowest BCUT2D eigenvalue weighted by molar-refractivity contribution is 0.314. The fraction of sp³-hybridized carbons (Fsp3) is 0.385. The van der Waals surface area contributed by atoms with Gasteiger partial charge in [0, 0.05) is 20.1 Å². The van der Waals surface area contributed by atoms with Crippen molar-refractivity contribution in [1.29, 1.82) is 0 Å². The van der Waals surface area contributed by atoms with Gasteiger partial charge in [-0.1, -0.05) is 12.1 Å². The number of nitrogens with one attached hydrogen (secondary N) is 1. The molecule has 7 nitrogen and oxygen atoms in total. The van der Waals surface area contributed by atoms with E-state index in [1.165, 1.54) is 0 Å². The van der Waals surface area contributed by atoms with Crippen molar-refractivity contribution in [2.45, 2.75) is 13.0 Å². The van der Waals surface area contributed by atoms with Gasteiger partial charge in [-0.15, -0.1) is 5.10 Å². The summed E-state index contributed by atoms with van der Waals surface area (Å²) in [6.45, 7) is 1.88. The van der Waals surface area contributed by atoms with Gasteiger partial charge in [0.05, 0.1) is 6.61 Å². The summed E-state index contributed by atoms with van der Waals surface area (Å²) in [5.74, 6) is 1.77. The second-order valence-electron chi connectivity index (χ2n) is 4.40. The number of aromatic nitrogens is 3. The first-order chi connectivity index (χ1) is 9.69. The second kappa shape index (κ2) is 6.76. The fourth-order valence-corrected chi connectivity index (χ4v) is 1.78. The number of nitrogens with two attached hydrogens (primary N) is 2. The zero-order valence-electron chi connectivity index (χ0n) is 11.5. The van der Waals surface area contributed by atoms with E-state index in [9.17, 15) is 0 Å². The number of ether oxygens (including phenoxy) is 1. The van der Waals surface area contributed by atoms with Gasteiger partial charge < -0.3 is 21.5 Å². The lowest BCUT2D eigenvalue weighted by Gasteiger charge is -2.08. The van der Waals surface area contributed by atoms with Crippen molar-refractivity contribution < 1.29 is 4.74 Å². The molecule has 0 atom stereocenters. The Morgan fingerprint density at radius 1 is 1.40 bits per heavy atom. The van der Waals surface area contributed by atoms with Gasteiger partial charge in [-0.3, -0.25) is 0 Å². The summed E-state index contributed by atoms with van der Waals surface area (Å²) >= 11 is 0. The van der Waals surface area contributed by atoms with Crippen LogP contribution in [0.5, 0.6) is 5.75 Å². The number of nitrogen functional groups attached to an aromatic ring is 1. The standard InChI is InChI=1S/C13H20N6O/c1-19-13(17-12(15)18-19)16-6-3-7-20-11-5-2-4-10(8-11)9-14/h2,4-5,8H,3,6-7,9,14H2,1H3,(H3,15,16,17,18). The molecular formula is C13H20N6O. The van der Waals surface area contributed by atoms with Crippen molar-refractivity contribution in [3.05, 3.63) is 29.8 Å². The van der Waals surface area contributed by atoms with E-state index < -0.39 is 0 Å². The van der Waals surface area contributed by atoms with Crippen LogP contribution in [0.2, 0.25) is 0 Å². The van der Waals surface area contributed by atoms with Gasteiger partial charge >= 0.3 is 0 Å². The molecule has 0 unspecified atom stereocenters. The van der Waals surface area contributed by atoms with E-state index in [2.05, 4.69) is 15.4 Å². The lowest BCUT2D eigenvalue weighted by atomic mass is 10.2. The van der Waals surface area contributed by atoms with E-state index in [-0.39, 0.29) is 5.95 Å². The van der Waals surface area contributed by atoms with Crippen molar-refractivity contribution in [3.8, 4) is 5.75 Å². The molecule has 20 heavy (non-hydrogen) atoms. The monoisotopic (exact) mass is 276 g/mol. The van der Waals surface area contributed by atoms with Crippen LogP contribution in [0, 0.1) is 0 Å². The third-order valence-electron chi connectivity index (χ3n) is 2.79. The minimum atomic E-state index is 0.268. The maximum absolute atomic E-state index is 5.66. The molecular weight excluding hydrogens is 256 g/mol. The average molecular weight is 276 g/mol. The number of hydrogen-bond acceptors (Lipinski definition) is 6. The summed E-state index contributed by atoms with van der Waals surface area (Å²) in [4.78, 5) is 4.05. The Hall–Kier alpha value is -2.28. The molecule has 0 aliphatic carbocycles. The SMILES string of the molecule is Cn1nc(N)nc1NCCCOc1cccc(CN)c1. The number of anilines is 2. The number of hydrogen-bond donors (Lipinski definition) is 3. The van der Waals surface area contributed by atoms with Gasteiger partial charge in [0.25, 0.3) is 0 Å². The van der Waals surface area contributed by atoms with Crippen LogP contribution in [-0.4, -0.2) is 27.9 Å². The highest BCUT2D eigenvalue weighted by atomic mass is 16.5. The van der Waals surface area contributed by atoms with Crippen LogP contribution in [0.25, 0.3) is 0 Å². The number of benzene rings is 1. The van der Waals surface area contributed by atoms with E-state index in [0.29, 0.717) is 19.1 Å². The van der Waals surface area contributed by atoms with Crippen LogP contribution >= 0.6 is 0 Å². The van der Waals surface area contributed by atoms with Gasteiger partial charge in [0.1, 0.15) is 5.75 Å². The molecule has 0 saturated carbocycles. The minimum Gasteiger partial charge on any atom is -0.494 e. The summed E-state index contributed by atoms with van der Waals surface area (Å²) in [6, 6.07) is 7.80. The highest BCUT2D eigenvalue weighted by Crippen LogP contribution is 2.13. The average Bonchev–Trinajstić information content (AvgIpc) is 2.77. The fourth-order valence-electron chi connectivity index (χ4n) is 1.78. The first-order valence-electron chi connectivity index (χ1n) is 6.51. The maximum atomic E-state index is 5.66. The zero-order chi connectivity index (χ0) is 14.4. The number of rotatable bonds is 7. The largest absolute Gasteiger partial charge is 0.494 e. The molecule has 1 heterocycles. The molecule has 7 heteroatoms. The molecule has 0 amide bonds. The van der Waals surface area contributed by atoms with E-state index in [0.717, 1.165) is 24.3 Å². The summed E-state index contributed by atoms with van der Waals surface area (Å²) in [5, 5.41) is 7.11. The molecule has 1 aromatic heterocycles. The number of nitrogens with zero attached hydrogens (tertiary/aromatic N) is 3. The van der Waals surface area contributed by atoms with E-state index in [1.807, 2.05) is 24.3 Å². The summed E-state index contributed by atoms with van der Waals surface area (Å²) < 4.78 is 7.27. The molecule has 0 fully saturated rings. The number of aryl methyl sites for hydroxylation is 1. The molecule has 0 radical (unpaired) electrons. The molecule has 0 aliphatic heterocycles. The van der Waals surface area contributed by atoms with Gasteiger partial charge in [-0.25, -0.2) is 4.68 Å². The van der Waals surface area contributed by atoms with Crippen molar-refractivity contribution in [2.24, 2.45) is 12.8 Å². The van der Waals surface area contributed by atoms with Gasteiger partial charge in [0.2, 0.25) is 11.9 Å². The molecule has 2 aromatic rings. The summed E-state index contributed by atoms with van der Waals surface area (Å²) in [5.41, 5.74) is 12.1. The van der Waals surface area contributed by atoms with Gasteiger partial charge in [0.15, 0.2) is 0 Å². The van der Waals surface area contributed by atoms with E-state index in [1.54, 1.807) is 11.7 Å². The van der Waals surface area contributed by atoms with E-state index in [4.69, 9.17) is 16.2 Å². The molecule has 0 saturated heterocycles. The Balaban J connectivity index is 1.70. The molecule has 5 N–H and O–H groups in total. The Labute approximate surface area is 117 Å². The first kappa shape index (κ1) is 14.1. The van der Waals surface area contributed by atoms with Crippen molar-refractivity contribution >= 4 is 11.9 Å². The topological polar surface area (TPSA) is 104 Å². The zero-order valence-corrected chi connectivity index (χ0v) is 11.5. The maximum Gasteiger partial charge on any atom is 0.241 e. The van der Waals surface area contributed by atoms with Crippen LogP contribution in [0.15, 0.2) is 24.3 Å². The Kier molecular flexibility index (Phi) is 4.78. The first-order valence-corrected chi connectivity index (χ1v) is 6.51. The lowest BCUT2D eigenvalue weighted by Crippen LogP contribution is -2.10. The van der Waals surface area contributed by atoms with Crippen molar-refractivity contribution in [1.82, 2.24) is 14.8 Å². The van der Waals surface area contributed by atoms with Crippen LogP contribution in [0.1, 0.15) is 12.0 Å². The Bertz CT molecular complexity index is 554. The van der Waals surface area contributed by atoms with Gasteiger partial charge in [-0.2, -0.15) is 4.98 Å². The third kappa shape index (κ3) is 3.86. The van der Waals surface area contributed by atoms with E-state index >= 15 is 0 Å². The highest BCUT2D eigenvalue weighted by molar-refractivity contribution is 5.31. The van der Waals surface area contributed by atoms with Crippen LogP contribution in [-0.2, 0) is 13.6 Å². The predicted octanol–water partition coefficient (Wildman–Crippen LogP) is 0.737. The van der Waals surface area contributed by atoms with Crippen molar-refractivity contribution in [2.75, 3.05) is 24.2 Å². The molecule has 1 aromatic carbocycles. The van der Waals surface area contributed by atoms with Crippen LogP contribution in [0.3, 0.4) is 0 Å². The summed E-state index contributed by atoms with van der Waals surface area (Å²) in [7, 11) is 1.79. The molecule has 0 bridgehead atoms. The third-order valence-corrected chi connectivity index (χ3v) is 2.79. The molecule has 0 spiro atoms. The molecule has 2 rings (SSSR count). The minimum absolute atomic E-state index is 0.268. The van der Waals surface area contributed by atoms with Crippen molar-refractivity contribution in [3.63, 3.8) is 0 Å². The predicted molar refractivity (Wildman–Crippen MR) is 78.4 cm³/mol. The smallest absolute Gasteiger partial charge is 0.241 e. The van der Waals surface area contributed by atoms with Crippen LogP contribution < -0.4 is 21.5 Å². The summed E-state index contributed by atoms with van der Waals surface area (Å²) in [6.07, 6.45) is 0.847. The van der Waals surface area contributed by atoms with Gasteiger partial charge in [-0.05, 0) is 24.1 Å². The van der Waals surface area contributed by atoms with Crippen LogP contribution in [0.4, 0.5) is 11.9 Å². The Morgan fingerprint density at radius 2 is 2.25 bits per heavy atom. The molecule has 0 aliphatic rings. The highest BCUT2D eigenvalue weighted by Gasteiger charge is 2.02. The molecule has 108 valence electrons. The quantitative estimate of drug-likeness (QED) is 0.644. The normalized spacial score (nSPS) is 10.5. The second-order valence-corrected chi connectivity index (χ2v) is 4.40. The Morgan fingerprint density at radius 3 is 2.95 bits per heavy atom.